The molecule has 0 radical (unpaired) electrons. The molecule has 0 spiro atoms. The van der Waals surface area contributed by atoms with Crippen molar-refractivity contribution in [1.82, 2.24) is 9.97 Å². The number of hydrogen-bond acceptors (Lipinski definition) is 3. The fourth-order valence-corrected chi connectivity index (χ4v) is 7.51. The highest BCUT2D eigenvalue weighted by Gasteiger charge is 2.19. The van der Waals surface area contributed by atoms with Crippen LogP contribution in [-0.2, 0) is 0 Å². The zero-order chi connectivity index (χ0) is 32.3. The van der Waals surface area contributed by atoms with Crippen LogP contribution in [0.15, 0.2) is 175 Å². The number of hydrogen-bond donors (Lipinski definition) is 0. The summed E-state index contributed by atoms with van der Waals surface area (Å²) in [4.78, 5) is 9.58. The quantitative estimate of drug-likeness (QED) is 0.144. The van der Waals surface area contributed by atoms with Gasteiger partial charge < -0.3 is 4.42 Å². The third kappa shape index (κ3) is 4.44. The van der Waals surface area contributed by atoms with Gasteiger partial charge in [-0.1, -0.05) is 127 Å². The maximum Gasteiger partial charge on any atom is 0.227 e. The summed E-state index contributed by atoms with van der Waals surface area (Å²) in [7, 11) is 0. The normalized spacial score (nSPS) is 11.7. The first-order valence-electron chi connectivity index (χ1n) is 16.6. The summed E-state index contributed by atoms with van der Waals surface area (Å²) in [5, 5.41) is 9.38. The number of fused-ring (bicyclic) bond motifs is 7. The van der Waals surface area contributed by atoms with Crippen molar-refractivity contribution in [3.63, 3.8) is 0 Å². The highest BCUT2D eigenvalue weighted by atomic mass is 16.3. The molecule has 2 heterocycles. The van der Waals surface area contributed by atoms with E-state index >= 15 is 0 Å². The number of nitrogens with zero attached hydrogens (tertiary/aromatic N) is 2. The minimum absolute atomic E-state index is 0.638. The Balaban J connectivity index is 1.20. The minimum atomic E-state index is 0.638. The van der Waals surface area contributed by atoms with Crippen molar-refractivity contribution < 1.29 is 4.42 Å². The van der Waals surface area contributed by atoms with Crippen LogP contribution in [0.4, 0.5) is 0 Å². The molecule has 49 heavy (non-hydrogen) atoms. The van der Waals surface area contributed by atoms with Crippen molar-refractivity contribution in [3.05, 3.63) is 170 Å². The summed E-state index contributed by atoms with van der Waals surface area (Å²) in [6.45, 7) is 0. The molecule has 8 aromatic carbocycles. The fourth-order valence-electron chi connectivity index (χ4n) is 7.51. The van der Waals surface area contributed by atoms with Crippen molar-refractivity contribution >= 4 is 54.2 Å². The molecule has 0 atom stereocenters. The van der Waals surface area contributed by atoms with Crippen molar-refractivity contribution in [1.29, 1.82) is 0 Å². The molecule has 0 aliphatic rings. The SMILES string of the molecule is c1ccc(-c2cncc(-c3c4ccccc4c(-c4ccc5c(ccc6ccc7nc(-c8ccccc8)oc7c65)c4)c4ccccc34)c2)cc1. The van der Waals surface area contributed by atoms with E-state index in [9.17, 15) is 0 Å². The van der Waals surface area contributed by atoms with Gasteiger partial charge in [0.15, 0.2) is 5.58 Å². The lowest BCUT2D eigenvalue weighted by molar-refractivity contribution is 0.623. The monoisotopic (exact) mass is 624 g/mol. The van der Waals surface area contributed by atoms with E-state index in [-0.39, 0.29) is 0 Å². The van der Waals surface area contributed by atoms with Gasteiger partial charge in [0.1, 0.15) is 5.52 Å². The Morgan fingerprint density at radius 1 is 0.388 bits per heavy atom. The second-order valence-electron chi connectivity index (χ2n) is 12.6. The van der Waals surface area contributed by atoms with E-state index < -0.39 is 0 Å². The summed E-state index contributed by atoms with van der Waals surface area (Å²) in [5.74, 6) is 0.638. The Kier molecular flexibility index (Phi) is 6.18. The predicted octanol–water partition coefficient (Wildman–Crippen LogP) is 12.5. The molecule has 10 aromatic rings. The van der Waals surface area contributed by atoms with E-state index in [1.807, 2.05) is 48.8 Å². The zero-order valence-electron chi connectivity index (χ0n) is 26.5. The molecule has 0 saturated heterocycles. The van der Waals surface area contributed by atoms with Crippen LogP contribution in [-0.4, -0.2) is 9.97 Å². The number of aromatic nitrogens is 2. The molecular weight excluding hydrogens is 597 g/mol. The highest BCUT2D eigenvalue weighted by Crippen LogP contribution is 2.45. The van der Waals surface area contributed by atoms with Crippen molar-refractivity contribution in [3.8, 4) is 44.8 Å². The molecule has 3 nitrogen and oxygen atoms in total. The zero-order valence-corrected chi connectivity index (χ0v) is 26.5. The van der Waals surface area contributed by atoms with Crippen LogP contribution in [0.2, 0.25) is 0 Å². The molecule has 10 rings (SSSR count). The van der Waals surface area contributed by atoms with Gasteiger partial charge in [-0.2, -0.15) is 0 Å². The second kappa shape index (κ2) is 11.0. The topological polar surface area (TPSA) is 38.9 Å². The van der Waals surface area contributed by atoms with Crippen LogP contribution in [0.25, 0.3) is 99.0 Å². The molecule has 0 aliphatic heterocycles. The van der Waals surface area contributed by atoms with Gasteiger partial charge in [-0.25, -0.2) is 4.98 Å². The first-order chi connectivity index (χ1) is 24.3. The Morgan fingerprint density at radius 2 is 0.959 bits per heavy atom. The molecule has 0 amide bonds. The molecule has 2 aromatic heterocycles. The van der Waals surface area contributed by atoms with Crippen LogP contribution < -0.4 is 0 Å². The van der Waals surface area contributed by atoms with Crippen LogP contribution in [0.3, 0.4) is 0 Å². The lowest BCUT2D eigenvalue weighted by atomic mass is 9.85. The van der Waals surface area contributed by atoms with Crippen LogP contribution >= 0.6 is 0 Å². The van der Waals surface area contributed by atoms with Crippen LogP contribution in [0.1, 0.15) is 0 Å². The first-order valence-corrected chi connectivity index (χ1v) is 16.6. The molecule has 0 fully saturated rings. The molecule has 0 N–H and O–H groups in total. The smallest absolute Gasteiger partial charge is 0.227 e. The molecule has 228 valence electrons. The summed E-state index contributed by atoms with van der Waals surface area (Å²) < 4.78 is 6.48. The molecule has 0 saturated carbocycles. The van der Waals surface area contributed by atoms with Gasteiger partial charge in [0.05, 0.1) is 0 Å². The number of oxazole rings is 1. The maximum atomic E-state index is 6.48. The average Bonchev–Trinajstić information content (AvgIpc) is 3.62. The molecule has 0 aliphatic carbocycles. The Bertz CT molecular complexity index is 2810. The summed E-state index contributed by atoms with van der Waals surface area (Å²) in [5.41, 5.74) is 9.63. The number of pyridine rings is 1. The fraction of sp³-hybridized carbons (Fsp3) is 0. The summed E-state index contributed by atoms with van der Waals surface area (Å²) in [6, 6.07) is 55.8. The van der Waals surface area contributed by atoms with Gasteiger partial charge in [-0.3, -0.25) is 4.98 Å². The summed E-state index contributed by atoms with van der Waals surface area (Å²) >= 11 is 0. The first kappa shape index (κ1) is 27.5. The third-order valence-corrected chi connectivity index (χ3v) is 9.73. The van der Waals surface area contributed by atoms with Gasteiger partial charge in [-0.15, -0.1) is 0 Å². The van der Waals surface area contributed by atoms with Crippen molar-refractivity contribution in [2.24, 2.45) is 0 Å². The van der Waals surface area contributed by atoms with Gasteiger partial charge in [0.25, 0.3) is 0 Å². The Morgan fingerprint density at radius 3 is 1.65 bits per heavy atom. The average molecular weight is 625 g/mol. The van der Waals surface area contributed by atoms with E-state index in [0.717, 1.165) is 54.9 Å². The van der Waals surface area contributed by atoms with E-state index in [0.29, 0.717) is 5.89 Å². The van der Waals surface area contributed by atoms with Crippen LogP contribution in [0, 0.1) is 0 Å². The van der Waals surface area contributed by atoms with E-state index in [2.05, 4.69) is 121 Å². The van der Waals surface area contributed by atoms with Crippen molar-refractivity contribution in [2.45, 2.75) is 0 Å². The van der Waals surface area contributed by atoms with Gasteiger partial charge in [0.2, 0.25) is 5.89 Å². The largest absolute Gasteiger partial charge is 0.435 e. The van der Waals surface area contributed by atoms with Gasteiger partial charge >= 0.3 is 0 Å². The van der Waals surface area contributed by atoms with E-state index in [1.54, 1.807) is 0 Å². The second-order valence-corrected chi connectivity index (χ2v) is 12.6. The lowest BCUT2D eigenvalue weighted by Crippen LogP contribution is -1.92. The molecule has 0 unspecified atom stereocenters. The third-order valence-electron chi connectivity index (χ3n) is 9.73. The molecule has 3 heteroatoms. The number of benzene rings is 8. The standard InChI is InChI=1S/C46H28N2O/c1-3-11-29(12-4-1)34-26-35(28-47-27-34)43-39-17-9-7-15-37(39)42(38-16-8-10-18-40(38)43)33-21-23-36-32(25-33)20-19-30-22-24-41-45(44(30)36)49-46(48-41)31-13-5-2-6-14-31/h1-28H. The van der Waals surface area contributed by atoms with Gasteiger partial charge in [0, 0.05) is 34.5 Å². The minimum Gasteiger partial charge on any atom is -0.435 e. The molecule has 0 bridgehead atoms. The van der Waals surface area contributed by atoms with Crippen LogP contribution in [0.5, 0.6) is 0 Å². The lowest BCUT2D eigenvalue weighted by Gasteiger charge is -2.18. The van der Waals surface area contributed by atoms with E-state index in [4.69, 9.17) is 14.4 Å². The van der Waals surface area contributed by atoms with Crippen molar-refractivity contribution in [2.75, 3.05) is 0 Å². The number of rotatable bonds is 4. The maximum absolute atomic E-state index is 6.48. The summed E-state index contributed by atoms with van der Waals surface area (Å²) in [6.07, 6.45) is 3.94. The Labute approximate surface area is 282 Å². The van der Waals surface area contributed by atoms with Gasteiger partial charge in [-0.05, 0) is 90.3 Å². The Hall–Kier alpha value is -6.58. The predicted molar refractivity (Wildman–Crippen MR) is 204 cm³/mol. The van der Waals surface area contributed by atoms with E-state index in [1.165, 1.54) is 38.2 Å². The molecular formula is C46H28N2O. The highest BCUT2D eigenvalue weighted by molar-refractivity contribution is 6.23.